The van der Waals surface area contributed by atoms with Gasteiger partial charge in [0.1, 0.15) is 5.75 Å². The maximum absolute atomic E-state index is 13.2. The van der Waals surface area contributed by atoms with E-state index < -0.39 is 6.04 Å². The molecule has 8 heteroatoms. The Morgan fingerprint density at radius 1 is 1.23 bits per heavy atom. The predicted molar refractivity (Wildman–Crippen MR) is 123 cm³/mol. The topological polar surface area (TPSA) is 97.8 Å². The molecule has 1 unspecified atom stereocenters. The molecule has 0 aliphatic carbocycles. The lowest BCUT2D eigenvalue weighted by atomic mass is 10.0. The zero-order valence-corrected chi connectivity index (χ0v) is 18.1. The van der Waals surface area contributed by atoms with Gasteiger partial charge in [0, 0.05) is 36.5 Å². The van der Waals surface area contributed by atoms with Crippen LogP contribution < -0.4 is 15.7 Å². The highest BCUT2D eigenvalue weighted by molar-refractivity contribution is 6.04. The standard InChI is InChI=1S/C23H26N6O2/c1-5-31-17-8-16(10-26-11-17)15-6-7-19-18(9-15)22-21(13-27-19)28(4)23(30)29(22)20(12-25-3)14(2)24/h6-11,13,20,24-25H,5,12H2,1-4H3. The average molecular weight is 419 g/mol. The summed E-state index contributed by atoms with van der Waals surface area (Å²) in [5.74, 6) is 0.710. The van der Waals surface area contributed by atoms with Gasteiger partial charge in [-0.25, -0.2) is 4.79 Å². The Bertz CT molecular complexity index is 1340. The molecule has 0 fully saturated rings. The minimum atomic E-state index is -0.390. The third-order valence-corrected chi connectivity index (χ3v) is 5.48. The highest BCUT2D eigenvalue weighted by atomic mass is 16.5. The quantitative estimate of drug-likeness (QED) is 0.449. The number of nitrogens with zero attached hydrogens (tertiary/aromatic N) is 4. The summed E-state index contributed by atoms with van der Waals surface area (Å²) in [5, 5.41) is 12.2. The number of hydrogen-bond donors (Lipinski definition) is 2. The first-order chi connectivity index (χ1) is 15.0. The maximum atomic E-state index is 13.2. The van der Waals surface area contributed by atoms with E-state index in [-0.39, 0.29) is 5.69 Å². The van der Waals surface area contributed by atoms with Crippen LogP contribution >= 0.6 is 0 Å². The number of ether oxygens (including phenoxy) is 1. The van der Waals surface area contributed by atoms with Gasteiger partial charge in [-0.05, 0) is 44.7 Å². The summed E-state index contributed by atoms with van der Waals surface area (Å²) in [7, 11) is 3.56. The monoisotopic (exact) mass is 418 g/mol. The van der Waals surface area contributed by atoms with E-state index in [0.717, 1.165) is 33.1 Å². The minimum Gasteiger partial charge on any atom is -0.492 e. The van der Waals surface area contributed by atoms with Crippen LogP contribution in [-0.2, 0) is 7.05 Å². The van der Waals surface area contributed by atoms with E-state index in [1.54, 1.807) is 41.7 Å². The Balaban J connectivity index is 2.01. The second-order valence-electron chi connectivity index (χ2n) is 7.53. The van der Waals surface area contributed by atoms with Crippen LogP contribution in [0.25, 0.3) is 33.1 Å². The number of fused-ring (bicyclic) bond motifs is 3. The smallest absolute Gasteiger partial charge is 0.329 e. The van der Waals surface area contributed by atoms with Crippen molar-refractivity contribution in [2.24, 2.45) is 7.05 Å². The predicted octanol–water partition coefficient (Wildman–Crippen LogP) is 3.15. The van der Waals surface area contributed by atoms with Crippen molar-refractivity contribution in [1.82, 2.24) is 24.4 Å². The van der Waals surface area contributed by atoms with Crippen LogP contribution in [0.15, 0.2) is 47.7 Å². The van der Waals surface area contributed by atoms with E-state index in [2.05, 4.69) is 15.3 Å². The van der Waals surface area contributed by atoms with Crippen molar-refractivity contribution in [2.75, 3.05) is 20.2 Å². The van der Waals surface area contributed by atoms with E-state index in [1.807, 2.05) is 38.2 Å². The maximum Gasteiger partial charge on any atom is 0.329 e. The molecule has 1 atom stereocenters. The molecule has 0 saturated carbocycles. The molecule has 2 N–H and O–H groups in total. The molecule has 1 aromatic carbocycles. The molecule has 31 heavy (non-hydrogen) atoms. The Labute approximate surface area is 180 Å². The summed E-state index contributed by atoms with van der Waals surface area (Å²) in [5.41, 5.74) is 4.43. The molecule has 0 bridgehead atoms. The van der Waals surface area contributed by atoms with Crippen molar-refractivity contribution in [1.29, 1.82) is 5.41 Å². The van der Waals surface area contributed by atoms with Gasteiger partial charge in [0.25, 0.3) is 0 Å². The third kappa shape index (κ3) is 3.59. The molecular weight excluding hydrogens is 392 g/mol. The van der Waals surface area contributed by atoms with Crippen LogP contribution in [0, 0.1) is 5.41 Å². The fraction of sp³-hybridized carbons (Fsp3) is 0.304. The van der Waals surface area contributed by atoms with Crippen molar-refractivity contribution in [2.45, 2.75) is 19.9 Å². The Hall–Kier alpha value is -3.52. The van der Waals surface area contributed by atoms with Crippen LogP contribution in [0.3, 0.4) is 0 Å². The number of aryl methyl sites for hydroxylation is 1. The largest absolute Gasteiger partial charge is 0.492 e. The van der Waals surface area contributed by atoms with Crippen molar-refractivity contribution >= 4 is 27.6 Å². The molecular formula is C23H26N6O2. The van der Waals surface area contributed by atoms with Crippen molar-refractivity contribution in [3.8, 4) is 16.9 Å². The van der Waals surface area contributed by atoms with Gasteiger partial charge in [-0.2, -0.15) is 0 Å². The number of rotatable bonds is 7. The van der Waals surface area contributed by atoms with Gasteiger partial charge in [0.05, 0.1) is 41.6 Å². The first-order valence-corrected chi connectivity index (χ1v) is 10.2. The number of pyridine rings is 2. The summed E-state index contributed by atoms with van der Waals surface area (Å²) in [6.07, 6.45) is 5.21. The van der Waals surface area contributed by atoms with Gasteiger partial charge in [0.2, 0.25) is 0 Å². The van der Waals surface area contributed by atoms with Crippen LogP contribution in [0.2, 0.25) is 0 Å². The van der Waals surface area contributed by atoms with Gasteiger partial charge in [-0.15, -0.1) is 0 Å². The summed E-state index contributed by atoms with van der Waals surface area (Å²) in [4.78, 5) is 22.0. The van der Waals surface area contributed by atoms with E-state index in [1.165, 1.54) is 0 Å². The lowest BCUT2D eigenvalue weighted by Gasteiger charge is -2.18. The second-order valence-corrected chi connectivity index (χ2v) is 7.53. The zero-order valence-electron chi connectivity index (χ0n) is 18.1. The van der Waals surface area contributed by atoms with Gasteiger partial charge >= 0.3 is 5.69 Å². The molecule has 3 heterocycles. The van der Waals surface area contributed by atoms with Gasteiger partial charge in [0.15, 0.2) is 0 Å². The molecule has 4 rings (SSSR count). The number of aromatic nitrogens is 4. The first kappa shape index (κ1) is 20.7. The van der Waals surface area contributed by atoms with Crippen LogP contribution in [-0.4, -0.2) is 45.0 Å². The highest BCUT2D eigenvalue weighted by Crippen LogP contribution is 2.30. The molecule has 0 spiro atoms. The number of likely N-dealkylation sites (N-methyl/N-ethyl adjacent to an activating group) is 1. The van der Waals surface area contributed by atoms with Crippen molar-refractivity contribution in [3.63, 3.8) is 0 Å². The molecule has 0 aliphatic heterocycles. The molecule has 160 valence electrons. The fourth-order valence-electron chi connectivity index (χ4n) is 3.95. The Morgan fingerprint density at radius 2 is 2.03 bits per heavy atom. The summed E-state index contributed by atoms with van der Waals surface area (Å²) < 4.78 is 8.89. The summed E-state index contributed by atoms with van der Waals surface area (Å²) in [6.45, 7) is 4.72. The Morgan fingerprint density at radius 3 is 2.74 bits per heavy atom. The van der Waals surface area contributed by atoms with Crippen LogP contribution in [0.5, 0.6) is 5.75 Å². The summed E-state index contributed by atoms with van der Waals surface area (Å²) in [6, 6.07) is 7.53. The van der Waals surface area contributed by atoms with E-state index in [4.69, 9.17) is 10.1 Å². The lowest BCUT2D eigenvalue weighted by molar-refractivity contribution is 0.339. The molecule has 4 aromatic rings. The van der Waals surface area contributed by atoms with E-state index in [0.29, 0.717) is 24.6 Å². The Kier molecular flexibility index (Phi) is 5.56. The molecule has 0 saturated heterocycles. The SMILES string of the molecule is CCOc1cncc(-c2ccc3ncc4c(c3c2)n(C(CNC)C(C)=N)c(=O)n4C)c1. The lowest BCUT2D eigenvalue weighted by Crippen LogP contribution is -2.35. The molecule has 0 amide bonds. The van der Waals surface area contributed by atoms with E-state index in [9.17, 15) is 4.79 Å². The summed E-state index contributed by atoms with van der Waals surface area (Å²) >= 11 is 0. The highest BCUT2D eigenvalue weighted by Gasteiger charge is 2.22. The van der Waals surface area contributed by atoms with Gasteiger partial charge in [-0.3, -0.25) is 19.1 Å². The van der Waals surface area contributed by atoms with Crippen molar-refractivity contribution in [3.05, 3.63) is 53.3 Å². The second kappa shape index (κ2) is 8.31. The van der Waals surface area contributed by atoms with Gasteiger partial charge < -0.3 is 15.5 Å². The molecule has 0 radical (unpaired) electrons. The first-order valence-electron chi connectivity index (χ1n) is 10.2. The molecule has 3 aromatic heterocycles. The van der Waals surface area contributed by atoms with Crippen LogP contribution in [0.4, 0.5) is 0 Å². The molecule has 8 nitrogen and oxygen atoms in total. The number of imidazole rings is 1. The number of hydrogen-bond acceptors (Lipinski definition) is 6. The van der Waals surface area contributed by atoms with Gasteiger partial charge in [-0.1, -0.05) is 6.07 Å². The van der Waals surface area contributed by atoms with Crippen molar-refractivity contribution < 1.29 is 4.74 Å². The van der Waals surface area contributed by atoms with Crippen LogP contribution in [0.1, 0.15) is 19.9 Å². The number of nitrogens with one attached hydrogen (secondary N) is 2. The third-order valence-electron chi connectivity index (χ3n) is 5.48. The minimum absolute atomic E-state index is 0.165. The molecule has 0 aliphatic rings. The zero-order chi connectivity index (χ0) is 22.1. The average Bonchev–Trinajstić information content (AvgIpc) is 3.02. The van der Waals surface area contributed by atoms with E-state index >= 15 is 0 Å². The normalized spacial score (nSPS) is 12.4. The number of benzene rings is 1. The fourth-order valence-corrected chi connectivity index (χ4v) is 3.95.